The number of hydrogen-bond donors (Lipinski definition) is 1. The first-order chi connectivity index (χ1) is 9.30. The zero-order valence-electron chi connectivity index (χ0n) is 11.8. The van der Waals surface area contributed by atoms with Gasteiger partial charge in [0.25, 0.3) is 0 Å². The summed E-state index contributed by atoms with van der Waals surface area (Å²) < 4.78 is 2.23. The molecular weight excluding hydrogens is 254 g/mol. The average molecular weight is 275 g/mol. The molecule has 1 heterocycles. The van der Waals surface area contributed by atoms with Crippen LogP contribution in [0.3, 0.4) is 0 Å². The minimum atomic E-state index is 0.150. The van der Waals surface area contributed by atoms with Gasteiger partial charge in [0.05, 0.1) is 6.04 Å². The second-order valence-electron chi connectivity index (χ2n) is 4.47. The quantitative estimate of drug-likeness (QED) is 0.820. The van der Waals surface area contributed by atoms with E-state index >= 15 is 0 Å². The van der Waals surface area contributed by atoms with E-state index in [1.807, 2.05) is 13.2 Å². The van der Waals surface area contributed by atoms with Crippen LogP contribution in [0, 0.1) is 0 Å². The molecular formula is C15H21N3S. The molecule has 4 heteroatoms. The van der Waals surface area contributed by atoms with Crippen molar-refractivity contribution < 1.29 is 0 Å². The third-order valence-electron chi connectivity index (χ3n) is 3.21. The van der Waals surface area contributed by atoms with Gasteiger partial charge < -0.3 is 9.88 Å². The molecule has 1 atom stereocenters. The van der Waals surface area contributed by atoms with E-state index in [4.69, 9.17) is 0 Å². The Balaban J connectivity index is 2.29. The highest BCUT2D eigenvalue weighted by Crippen LogP contribution is 2.23. The summed E-state index contributed by atoms with van der Waals surface area (Å²) in [5, 5.41) is 3.37. The molecule has 0 bridgehead atoms. The lowest BCUT2D eigenvalue weighted by atomic mass is 10.1. The molecule has 0 fully saturated rings. The summed E-state index contributed by atoms with van der Waals surface area (Å²) in [7, 11) is 1.98. The van der Waals surface area contributed by atoms with Crippen LogP contribution in [0.4, 0.5) is 0 Å². The summed E-state index contributed by atoms with van der Waals surface area (Å²) >= 11 is 1.76. The van der Waals surface area contributed by atoms with Gasteiger partial charge in [-0.1, -0.05) is 19.1 Å². The predicted molar refractivity (Wildman–Crippen MR) is 81.6 cm³/mol. The van der Waals surface area contributed by atoms with Gasteiger partial charge in [-0.2, -0.15) is 0 Å². The third-order valence-corrected chi connectivity index (χ3v) is 3.95. The van der Waals surface area contributed by atoms with Gasteiger partial charge in [0.15, 0.2) is 0 Å². The number of rotatable bonds is 6. The molecule has 0 aliphatic carbocycles. The van der Waals surface area contributed by atoms with E-state index in [9.17, 15) is 0 Å². The molecule has 102 valence electrons. The fourth-order valence-corrected chi connectivity index (χ4v) is 2.66. The maximum Gasteiger partial charge on any atom is 0.130 e. The lowest BCUT2D eigenvalue weighted by molar-refractivity contribution is 0.568. The molecule has 0 saturated carbocycles. The van der Waals surface area contributed by atoms with Gasteiger partial charge in [0.2, 0.25) is 0 Å². The number of aryl methyl sites for hydroxylation is 1. The number of thioether (sulfide) groups is 1. The highest BCUT2D eigenvalue weighted by Gasteiger charge is 2.16. The van der Waals surface area contributed by atoms with Crippen molar-refractivity contribution in [3.63, 3.8) is 0 Å². The zero-order valence-corrected chi connectivity index (χ0v) is 12.6. The highest BCUT2D eigenvalue weighted by atomic mass is 32.2. The molecule has 0 saturated heterocycles. The fraction of sp³-hybridized carbons (Fsp3) is 0.400. The Hall–Kier alpha value is -1.26. The van der Waals surface area contributed by atoms with Crippen LogP contribution in [0.1, 0.15) is 30.8 Å². The SMILES string of the molecule is CCCn1ccnc1C(NC)c1ccc(SC)cc1. The normalized spacial score (nSPS) is 12.6. The molecule has 19 heavy (non-hydrogen) atoms. The Morgan fingerprint density at radius 2 is 2.05 bits per heavy atom. The molecule has 2 aromatic rings. The molecule has 0 spiro atoms. The molecule has 0 aliphatic rings. The Morgan fingerprint density at radius 1 is 1.32 bits per heavy atom. The van der Waals surface area contributed by atoms with Gasteiger partial charge in [-0.25, -0.2) is 4.98 Å². The first-order valence-corrected chi connectivity index (χ1v) is 7.84. The number of aromatic nitrogens is 2. The number of hydrogen-bond acceptors (Lipinski definition) is 3. The summed E-state index contributed by atoms with van der Waals surface area (Å²) in [6.45, 7) is 3.20. The topological polar surface area (TPSA) is 29.9 Å². The first-order valence-electron chi connectivity index (χ1n) is 6.62. The van der Waals surface area contributed by atoms with E-state index < -0.39 is 0 Å². The van der Waals surface area contributed by atoms with Crippen molar-refractivity contribution in [2.45, 2.75) is 30.8 Å². The Labute approximate surface area is 119 Å². The van der Waals surface area contributed by atoms with Crippen molar-refractivity contribution in [2.24, 2.45) is 0 Å². The summed E-state index contributed by atoms with van der Waals surface area (Å²) in [6.07, 6.45) is 7.15. The van der Waals surface area contributed by atoms with Crippen molar-refractivity contribution in [1.29, 1.82) is 0 Å². The maximum atomic E-state index is 4.52. The lowest BCUT2D eigenvalue weighted by Gasteiger charge is -2.18. The highest BCUT2D eigenvalue weighted by molar-refractivity contribution is 7.98. The van der Waals surface area contributed by atoms with Crippen LogP contribution in [0.15, 0.2) is 41.6 Å². The molecule has 0 radical (unpaired) electrons. The molecule has 3 nitrogen and oxygen atoms in total. The van der Waals surface area contributed by atoms with E-state index in [0.717, 1.165) is 18.8 Å². The van der Waals surface area contributed by atoms with Gasteiger partial charge >= 0.3 is 0 Å². The average Bonchev–Trinajstić information content (AvgIpc) is 2.89. The van der Waals surface area contributed by atoms with Crippen LogP contribution in [-0.2, 0) is 6.54 Å². The van der Waals surface area contributed by atoms with Crippen molar-refractivity contribution in [3.8, 4) is 0 Å². The molecule has 1 aromatic carbocycles. The summed E-state index contributed by atoms with van der Waals surface area (Å²) in [6, 6.07) is 8.84. The smallest absolute Gasteiger partial charge is 0.130 e. The van der Waals surface area contributed by atoms with Crippen LogP contribution >= 0.6 is 11.8 Å². The molecule has 1 N–H and O–H groups in total. The summed E-state index contributed by atoms with van der Waals surface area (Å²) in [5.41, 5.74) is 1.25. The standard InChI is InChI=1S/C15H21N3S/c1-4-10-18-11-9-17-15(18)14(16-2)12-5-7-13(19-3)8-6-12/h5-9,11,14,16H,4,10H2,1-3H3. The van der Waals surface area contributed by atoms with Gasteiger partial charge in [-0.3, -0.25) is 0 Å². The Bertz CT molecular complexity index is 504. The number of imidazole rings is 1. The molecule has 1 unspecified atom stereocenters. The Kier molecular flexibility index (Phi) is 5.05. The maximum absolute atomic E-state index is 4.52. The van der Waals surface area contributed by atoms with Crippen LogP contribution in [-0.4, -0.2) is 22.9 Å². The van der Waals surface area contributed by atoms with E-state index in [1.54, 1.807) is 11.8 Å². The lowest BCUT2D eigenvalue weighted by Crippen LogP contribution is -2.22. The number of benzene rings is 1. The van der Waals surface area contributed by atoms with Crippen LogP contribution in [0.25, 0.3) is 0 Å². The largest absolute Gasteiger partial charge is 0.333 e. The van der Waals surface area contributed by atoms with Crippen molar-refractivity contribution in [1.82, 2.24) is 14.9 Å². The molecule has 1 aromatic heterocycles. The summed E-state index contributed by atoms with van der Waals surface area (Å²) in [5.74, 6) is 1.08. The van der Waals surface area contributed by atoms with E-state index in [2.05, 4.69) is 58.5 Å². The summed E-state index contributed by atoms with van der Waals surface area (Å²) in [4.78, 5) is 5.81. The van der Waals surface area contributed by atoms with Gasteiger partial charge in [0.1, 0.15) is 5.82 Å². The van der Waals surface area contributed by atoms with E-state index in [-0.39, 0.29) is 6.04 Å². The van der Waals surface area contributed by atoms with Gasteiger partial charge in [-0.15, -0.1) is 11.8 Å². The van der Waals surface area contributed by atoms with E-state index in [1.165, 1.54) is 10.5 Å². The van der Waals surface area contributed by atoms with Crippen LogP contribution in [0.5, 0.6) is 0 Å². The molecule has 2 rings (SSSR count). The predicted octanol–water partition coefficient (Wildman–Crippen LogP) is 3.32. The monoisotopic (exact) mass is 275 g/mol. The zero-order chi connectivity index (χ0) is 13.7. The van der Waals surface area contributed by atoms with Crippen LogP contribution < -0.4 is 5.32 Å². The fourth-order valence-electron chi connectivity index (χ4n) is 2.25. The molecule has 0 aliphatic heterocycles. The van der Waals surface area contributed by atoms with Gasteiger partial charge in [0, 0.05) is 23.8 Å². The third kappa shape index (κ3) is 3.19. The minimum Gasteiger partial charge on any atom is -0.333 e. The number of nitrogens with zero attached hydrogens (tertiary/aromatic N) is 2. The van der Waals surface area contributed by atoms with E-state index in [0.29, 0.717) is 0 Å². The number of nitrogens with one attached hydrogen (secondary N) is 1. The first kappa shape index (κ1) is 14.2. The van der Waals surface area contributed by atoms with Gasteiger partial charge in [-0.05, 0) is 37.4 Å². The van der Waals surface area contributed by atoms with Crippen molar-refractivity contribution in [3.05, 3.63) is 48.0 Å². The van der Waals surface area contributed by atoms with Crippen LogP contribution in [0.2, 0.25) is 0 Å². The molecule has 0 amide bonds. The Morgan fingerprint density at radius 3 is 2.63 bits per heavy atom. The van der Waals surface area contributed by atoms with Crippen molar-refractivity contribution in [2.75, 3.05) is 13.3 Å². The minimum absolute atomic E-state index is 0.150. The van der Waals surface area contributed by atoms with Crippen molar-refractivity contribution >= 4 is 11.8 Å². The second kappa shape index (κ2) is 6.78. The second-order valence-corrected chi connectivity index (χ2v) is 5.35.